The molecule has 6 heterocycles. The summed E-state index contributed by atoms with van der Waals surface area (Å²) in [6.45, 7) is 3.61. The van der Waals surface area contributed by atoms with E-state index in [4.69, 9.17) is 9.72 Å². The highest BCUT2D eigenvalue weighted by Gasteiger charge is 2.28. The molecule has 4 aromatic rings. The van der Waals surface area contributed by atoms with Crippen molar-refractivity contribution >= 4 is 34.1 Å². The molecule has 0 unspecified atom stereocenters. The molecule has 33 heavy (non-hydrogen) atoms. The minimum atomic E-state index is -0.112. The Balaban J connectivity index is 1.35. The van der Waals surface area contributed by atoms with Gasteiger partial charge in [0.25, 0.3) is 5.91 Å². The van der Waals surface area contributed by atoms with E-state index in [-0.39, 0.29) is 5.91 Å². The summed E-state index contributed by atoms with van der Waals surface area (Å²) in [5.41, 5.74) is 5.84. The minimum Gasteiger partial charge on any atom is -0.378 e. The summed E-state index contributed by atoms with van der Waals surface area (Å²) >= 11 is 0. The van der Waals surface area contributed by atoms with E-state index in [2.05, 4.69) is 25.5 Å². The molecule has 2 aliphatic heterocycles. The van der Waals surface area contributed by atoms with Crippen molar-refractivity contribution in [2.45, 2.75) is 6.54 Å². The van der Waals surface area contributed by atoms with Gasteiger partial charge >= 0.3 is 0 Å². The molecule has 0 spiro atoms. The number of ether oxygens (including phenoxy) is 1. The first-order chi connectivity index (χ1) is 16.2. The molecule has 6 rings (SSSR count). The fourth-order valence-electron chi connectivity index (χ4n) is 4.55. The van der Waals surface area contributed by atoms with Gasteiger partial charge in [0.05, 0.1) is 48.2 Å². The van der Waals surface area contributed by atoms with Crippen LogP contribution in [0, 0.1) is 0 Å². The normalized spacial score (nSPS) is 15.5. The average Bonchev–Trinajstić information content (AvgIpc) is 3.44. The zero-order valence-corrected chi connectivity index (χ0v) is 18.2. The number of carbonyl (C=O) groups excluding carboxylic acids is 1. The number of aryl methyl sites for hydroxylation is 1. The van der Waals surface area contributed by atoms with Crippen molar-refractivity contribution in [3.05, 3.63) is 60.2 Å². The molecular formula is C24H23N7O2. The lowest BCUT2D eigenvalue weighted by atomic mass is 10.0. The van der Waals surface area contributed by atoms with E-state index in [1.165, 1.54) is 0 Å². The number of hydrogen-bond acceptors (Lipinski definition) is 7. The Kier molecular flexibility index (Phi) is 4.69. The number of rotatable bonds is 4. The minimum absolute atomic E-state index is 0.112. The molecule has 2 aliphatic rings. The predicted octanol–water partition coefficient (Wildman–Crippen LogP) is 2.85. The van der Waals surface area contributed by atoms with Crippen LogP contribution in [0.15, 0.2) is 49.1 Å². The lowest BCUT2D eigenvalue weighted by Crippen LogP contribution is -2.36. The summed E-state index contributed by atoms with van der Waals surface area (Å²) in [4.78, 5) is 28.8. The third kappa shape index (κ3) is 3.37. The average molecular weight is 441 g/mol. The van der Waals surface area contributed by atoms with Crippen molar-refractivity contribution in [3.8, 4) is 11.3 Å². The standard InChI is InChI=1S/C24H23N7O2/c1-30-7-5-17-16(4-6-25-23(17)30)22-18-13-28-24(32)21(18)19(14-27-22)29-20-3-2-15(12-26-20)31-8-10-33-11-9-31/h2-7,12,14H,8-11,13H2,1H3,(H,26,29)(H,28,32). The van der Waals surface area contributed by atoms with Gasteiger partial charge in [-0.25, -0.2) is 9.97 Å². The number of fused-ring (bicyclic) bond motifs is 2. The summed E-state index contributed by atoms with van der Waals surface area (Å²) in [7, 11) is 1.96. The van der Waals surface area contributed by atoms with Crippen molar-refractivity contribution in [2.75, 3.05) is 36.5 Å². The maximum Gasteiger partial charge on any atom is 0.254 e. The van der Waals surface area contributed by atoms with Crippen molar-refractivity contribution in [3.63, 3.8) is 0 Å². The number of nitrogens with zero attached hydrogens (tertiary/aromatic N) is 5. The Morgan fingerprint density at radius 1 is 1.06 bits per heavy atom. The van der Waals surface area contributed by atoms with Crippen molar-refractivity contribution in [1.82, 2.24) is 24.8 Å². The molecule has 0 aliphatic carbocycles. The van der Waals surface area contributed by atoms with Gasteiger partial charge in [-0.05, 0) is 24.3 Å². The summed E-state index contributed by atoms with van der Waals surface area (Å²) in [6, 6.07) is 7.94. The third-order valence-corrected chi connectivity index (χ3v) is 6.24. The maximum atomic E-state index is 12.8. The van der Waals surface area contributed by atoms with Gasteiger partial charge in [0, 0.05) is 55.6 Å². The highest BCUT2D eigenvalue weighted by molar-refractivity contribution is 6.06. The number of pyridine rings is 3. The molecule has 9 nitrogen and oxygen atoms in total. The van der Waals surface area contributed by atoms with E-state index >= 15 is 0 Å². The maximum absolute atomic E-state index is 12.8. The third-order valence-electron chi connectivity index (χ3n) is 6.24. The van der Waals surface area contributed by atoms with Crippen LogP contribution in [0.25, 0.3) is 22.3 Å². The lowest BCUT2D eigenvalue weighted by molar-refractivity contribution is 0.0966. The van der Waals surface area contributed by atoms with Crippen LogP contribution in [-0.4, -0.2) is 51.7 Å². The molecule has 9 heteroatoms. The van der Waals surface area contributed by atoms with Gasteiger partial charge in [-0.15, -0.1) is 0 Å². The van der Waals surface area contributed by atoms with Crippen molar-refractivity contribution < 1.29 is 9.53 Å². The molecule has 0 radical (unpaired) electrons. The van der Waals surface area contributed by atoms with E-state index in [1.54, 1.807) is 12.4 Å². The van der Waals surface area contributed by atoms with Gasteiger partial charge in [-0.1, -0.05) is 0 Å². The first-order valence-corrected chi connectivity index (χ1v) is 11.0. The Morgan fingerprint density at radius 2 is 1.94 bits per heavy atom. The summed E-state index contributed by atoms with van der Waals surface area (Å²) < 4.78 is 7.40. The van der Waals surface area contributed by atoms with Gasteiger partial charge in [-0.2, -0.15) is 0 Å². The molecule has 166 valence electrons. The predicted molar refractivity (Wildman–Crippen MR) is 126 cm³/mol. The first-order valence-electron chi connectivity index (χ1n) is 11.0. The van der Waals surface area contributed by atoms with E-state index in [1.807, 2.05) is 48.3 Å². The Hall–Kier alpha value is -3.98. The van der Waals surface area contributed by atoms with Gasteiger partial charge in [0.15, 0.2) is 0 Å². The lowest BCUT2D eigenvalue weighted by Gasteiger charge is -2.28. The van der Waals surface area contributed by atoms with E-state index in [9.17, 15) is 4.79 Å². The SMILES string of the molecule is Cn1ccc2c(-c3ncc(Nc4ccc(N5CCOCC5)cn4)c4c3CNC4=O)ccnc21. The fraction of sp³-hybridized carbons (Fsp3) is 0.250. The number of carbonyl (C=O) groups is 1. The van der Waals surface area contributed by atoms with E-state index < -0.39 is 0 Å². The summed E-state index contributed by atoms with van der Waals surface area (Å²) in [5.74, 6) is 0.553. The zero-order chi connectivity index (χ0) is 22.4. The second-order valence-corrected chi connectivity index (χ2v) is 8.21. The van der Waals surface area contributed by atoms with E-state index in [0.717, 1.165) is 59.8 Å². The number of morpholine rings is 1. The van der Waals surface area contributed by atoms with Crippen LogP contribution < -0.4 is 15.5 Å². The Morgan fingerprint density at radius 3 is 2.76 bits per heavy atom. The van der Waals surface area contributed by atoms with Crippen LogP contribution in [0.2, 0.25) is 0 Å². The molecule has 0 atom stereocenters. The smallest absolute Gasteiger partial charge is 0.254 e. The quantitative estimate of drug-likeness (QED) is 0.503. The van der Waals surface area contributed by atoms with Gasteiger partial charge in [0.1, 0.15) is 11.5 Å². The molecule has 1 amide bonds. The second-order valence-electron chi connectivity index (χ2n) is 8.21. The van der Waals surface area contributed by atoms with Gasteiger partial charge in [-0.3, -0.25) is 9.78 Å². The van der Waals surface area contributed by atoms with Gasteiger partial charge < -0.3 is 24.8 Å². The number of aromatic nitrogens is 4. The summed E-state index contributed by atoms with van der Waals surface area (Å²) in [6.07, 6.45) is 7.32. The number of nitrogens with one attached hydrogen (secondary N) is 2. The van der Waals surface area contributed by atoms with E-state index in [0.29, 0.717) is 23.6 Å². The fourth-order valence-corrected chi connectivity index (χ4v) is 4.55. The monoisotopic (exact) mass is 441 g/mol. The molecule has 1 saturated heterocycles. The summed E-state index contributed by atoms with van der Waals surface area (Å²) in [5, 5.41) is 7.25. The number of hydrogen-bond donors (Lipinski definition) is 2. The molecule has 4 aromatic heterocycles. The van der Waals surface area contributed by atoms with Crippen LogP contribution >= 0.6 is 0 Å². The molecule has 0 aromatic carbocycles. The van der Waals surface area contributed by atoms with Gasteiger partial charge in [0.2, 0.25) is 0 Å². The van der Waals surface area contributed by atoms with Crippen LogP contribution in [0.3, 0.4) is 0 Å². The topological polar surface area (TPSA) is 97.2 Å². The molecule has 0 bridgehead atoms. The number of amides is 1. The second kappa shape index (κ2) is 7.86. The van der Waals surface area contributed by atoms with Crippen LogP contribution in [-0.2, 0) is 18.3 Å². The molecule has 0 saturated carbocycles. The van der Waals surface area contributed by atoms with Crippen molar-refractivity contribution in [1.29, 1.82) is 0 Å². The molecular weight excluding hydrogens is 418 g/mol. The highest BCUT2D eigenvalue weighted by Crippen LogP contribution is 2.36. The van der Waals surface area contributed by atoms with Crippen LogP contribution in [0.1, 0.15) is 15.9 Å². The first kappa shape index (κ1) is 19.7. The highest BCUT2D eigenvalue weighted by atomic mass is 16.5. The van der Waals surface area contributed by atoms with Crippen molar-refractivity contribution in [2.24, 2.45) is 7.05 Å². The Labute approximate surface area is 190 Å². The number of anilines is 3. The zero-order valence-electron chi connectivity index (χ0n) is 18.2. The largest absolute Gasteiger partial charge is 0.378 e. The Bertz CT molecular complexity index is 1360. The molecule has 1 fully saturated rings. The van der Waals surface area contributed by atoms with Crippen LogP contribution in [0.5, 0.6) is 0 Å². The molecule has 2 N–H and O–H groups in total. The van der Waals surface area contributed by atoms with Crippen LogP contribution in [0.4, 0.5) is 17.2 Å².